The van der Waals surface area contributed by atoms with E-state index in [0.29, 0.717) is 0 Å². The first-order chi connectivity index (χ1) is 4.74. The number of hydroxylamine groups is 1. The molecule has 2 N–H and O–H groups in total. The lowest BCUT2D eigenvalue weighted by molar-refractivity contribution is 0.0691. The summed E-state index contributed by atoms with van der Waals surface area (Å²) in [7, 11) is 0. The first-order valence-corrected chi connectivity index (χ1v) is 2.49. The van der Waals surface area contributed by atoms with E-state index in [4.69, 9.17) is 5.21 Å². The van der Waals surface area contributed by atoms with E-state index < -0.39 is 5.91 Å². The Hall–Kier alpha value is -1.43. The number of aryl methyl sites for hydroxylation is 1. The summed E-state index contributed by atoms with van der Waals surface area (Å²) in [6, 6.07) is 0. The minimum Gasteiger partial charge on any atom is -0.339 e. The van der Waals surface area contributed by atoms with Gasteiger partial charge in [-0.15, -0.1) is 0 Å². The van der Waals surface area contributed by atoms with Crippen molar-refractivity contribution < 1.29 is 14.5 Å². The van der Waals surface area contributed by atoms with Crippen LogP contribution in [0, 0.1) is 6.92 Å². The SMILES string of the molecule is Cc1nc(C(=O)NO)no1. The van der Waals surface area contributed by atoms with Crippen LogP contribution in [-0.4, -0.2) is 21.3 Å². The monoisotopic (exact) mass is 143 g/mol. The molecule has 1 aromatic rings. The zero-order valence-electron chi connectivity index (χ0n) is 5.16. The number of aromatic nitrogens is 2. The molecule has 0 radical (unpaired) electrons. The molecule has 0 bridgehead atoms. The first-order valence-electron chi connectivity index (χ1n) is 2.49. The molecular formula is C4H5N3O3. The molecule has 0 saturated carbocycles. The average Bonchev–Trinajstić information content (AvgIpc) is 2.34. The summed E-state index contributed by atoms with van der Waals surface area (Å²) in [5, 5.41) is 11.3. The van der Waals surface area contributed by atoms with Crippen LogP contribution in [0.3, 0.4) is 0 Å². The largest absolute Gasteiger partial charge is 0.339 e. The maximum absolute atomic E-state index is 10.5. The van der Waals surface area contributed by atoms with Crippen LogP contribution in [0.15, 0.2) is 4.52 Å². The molecule has 1 amide bonds. The zero-order chi connectivity index (χ0) is 7.56. The van der Waals surface area contributed by atoms with Crippen molar-refractivity contribution in [2.75, 3.05) is 0 Å². The van der Waals surface area contributed by atoms with Crippen molar-refractivity contribution in [3.63, 3.8) is 0 Å². The number of carbonyl (C=O) groups is 1. The Bertz CT molecular complexity index is 244. The van der Waals surface area contributed by atoms with E-state index in [0.717, 1.165) is 0 Å². The molecule has 10 heavy (non-hydrogen) atoms. The second-order valence-corrected chi connectivity index (χ2v) is 1.58. The normalized spacial score (nSPS) is 9.40. The zero-order valence-corrected chi connectivity index (χ0v) is 5.16. The summed E-state index contributed by atoms with van der Waals surface area (Å²) < 4.78 is 4.45. The fourth-order valence-corrected chi connectivity index (χ4v) is 0.441. The van der Waals surface area contributed by atoms with Gasteiger partial charge in [0.25, 0.3) is 5.82 Å². The quantitative estimate of drug-likeness (QED) is 0.408. The summed E-state index contributed by atoms with van der Waals surface area (Å²) in [5.41, 5.74) is 1.37. The molecule has 0 spiro atoms. The minimum atomic E-state index is -0.781. The molecule has 0 fully saturated rings. The molecule has 6 heteroatoms. The van der Waals surface area contributed by atoms with E-state index >= 15 is 0 Å². The molecule has 0 aromatic carbocycles. The molecule has 0 aliphatic heterocycles. The highest BCUT2D eigenvalue weighted by molar-refractivity contribution is 5.89. The first kappa shape index (κ1) is 6.69. The molecular weight excluding hydrogens is 138 g/mol. The summed E-state index contributed by atoms with van der Waals surface area (Å²) >= 11 is 0. The Morgan fingerprint density at radius 3 is 2.90 bits per heavy atom. The number of carbonyl (C=O) groups excluding carboxylic acids is 1. The van der Waals surface area contributed by atoms with Crippen molar-refractivity contribution in [2.24, 2.45) is 0 Å². The van der Waals surface area contributed by atoms with Gasteiger partial charge in [0.2, 0.25) is 5.89 Å². The topological polar surface area (TPSA) is 88.2 Å². The number of nitrogens with one attached hydrogen (secondary N) is 1. The highest BCUT2D eigenvalue weighted by Crippen LogP contribution is 1.92. The van der Waals surface area contributed by atoms with E-state index in [-0.39, 0.29) is 11.7 Å². The molecule has 0 saturated heterocycles. The standard InChI is InChI=1S/C4H5N3O3/c1-2-5-3(7-10-2)4(8)6-9/h9H,1H3,(H,6,8). The lowest BCUT2D eigenvalue weighted by Gasteiger charge is -1.85. The van der Waals surface area contributed by atoms with Crippen molar-refractivity contribution in [3.05, 3.63) is 11.7 Å². The summed E-state index contributed by atoms with van der Waals surface area (Å²) in [6.07, 6.45) is 0. The van der Waals surface area contributed by atoms with Crippen LogP contribution in [0.2, 0.25) is 0 Å². The van der Waals surface area contributed by atoms with Crippen LogP contribution >= 0.6 is 0 Å². The Morgan fingerprint density at radius 1 is 1.80 bits per heavy atom. The molecule has 54 valence electrons. The lowest BCUT2D eigenvalue weighted by atomic mass is 10.6. The third kappa shape index (κ3) is 1.11. The maximum atomic E-state index is 10.5. The number of hydrogen-bond donors (Lipinski definition) is 2. The number of rotatable bonds is 1. The van der Waals surface area contributed by atoms with Gasteiger partial charge in [0.15, 0.2) is 0 Å². The average molecular weight is 143 g/mol. The van der Waals surface area contributed by atoms with Crippen LogP contribution in [0.25, 0.3) is 0 Å². The molecule has 1 rings (SSSR count). The maximum Gasteiger partial charge on any atom is 0.315 e. The van der Waals surface area contributed by atoms with E-state index in [9.17, 15) is 4.79 Å². The molecule has 1 heterocycles. The summed E-state index contributed by atoms with van der Waals surface area (Å²) in [5.74, 6) is -0.685. The Balaban J connectivity index is 2.85. The van der Waals surface area contributed by atoms with E-state index in [1.807, 2.05) is 0 Å². The molecule has 0 aliphatic rings. The van der Waals surface area contributed by atoms with Gasteiger partial charge < -0.3 is 4.52 Å². The van der Waals surface area contributed by atoms with Crippen LogP contribution in [0.5, 0.6) is 0 Å². The third-order valence-electron chi connectivity index (χ3n) is 0.832. The Labute approximate surface area is 55.8 Å². The second-order valence-electron chi connectivity index (χ2n) is 1.58. The molecule has 0 unspecified atom stereocenters. The number of hydrogen-bond acceptors (Lipinski definition) is 5. The summed E-state index contributed by atoms with van der Waals surface area (Å²) in [6.45, 7) is 1.54. The molecule has 1 aromatic heterocycles. The fourth-order valence-electron chi connectivity index (χ4n) is 0.441. The second kappa shape index (κ2) is 2.44. The van der Waals surface area contributed by atoms with Crippen LogP contribution in [0.4, 0.5) is 0 Å². The van der Waals surface area contributed by atoms with E-state index in [1.54, 1.807) is 6.92 Å². The number of nitrogens with zero attached hydrogens (tertiary/aromatic N) is 2. The van der Waals surface area contributed by atoms with Crippen LogP contribution in [0.1, 0.15) is 16.5 Å². The van der Waals surface area contributed by atoms with Gasteiger partial charge in [0.05, 0.1) is 0 Å². The minimum absolute atomic E-state index is 0.181. The van der Waals surface area contributed by atoms with Crippen LogP contribution in [-0.2, 0) is 0 Å². The van der Waals surface area contributed by atoms with E-state index in [1.165, 1.54) is 5.48 Å². The van der Waals surface area contributed by atoms with Crippen molar-refractivity contribution in [2.45, 2.75) is 6.92 Å². The van der Waals surface area contributed by atoms with E-state index in [2.05, 4.69) is 14.7 Å². The van der Waals surface area contributed by atoms with Gasteiger partial charge in [-0.25, -0.2) is 5.48 Å². The third-order valence-corrected chi connectivity index (χ3v) is 0.832. The predicted octanol–water partition coefficient (Wildman–Crippen LogP) is -0.503. The van der Waals surface area contributed by atoms with Gasteiger partial charge in [-0.05, 0) is 0 Å². The molecule has 0 atom stereocenters. The van der Waals surface area contributed by atoms with Gasteiger partial charge >= 0.3 is 5.91 Å². The van der Waals surface area contributed by atoms with Crippen molar-refractivity contribution in [1.82, 2.24) is 15.6 Å². The highest BCUT2D eigenvalue weighted by atomic mass is 16.5. The highest BCUT2D eigenvalue weighted by Gasteiger charge is 2.10. The lowest BCUT2D eigenvalue weighted by Crippen LogP contribution is -2.19. The van der Waals surface area contributed by atoms with Crippen molar-refractivity contribution >= 4 is 5.91 Å². The smallest absolute Gasteiger partial charge is 0.315 e. The molecule has 6 nitrogen and oxygen atoms in total. The van der Waals surface area contributed by atoms with Gasteiger partial charge in [-0.2, -0.15) is 4.98 Å². The number of amides is 1. The van der Waals surface area contributed by atoms with Gasteiger partial charge in [-0.1, -0.05) is 5.16 Å². The summed E-state index contributed by atoms with van der Waals surface area (Å²) in [4.78, 5) is 14.0. The predicted molar refractivity (Wildman–Crippen MR) is 28.3 cm³/mol. The Morgan fingerprint density at radius 2 is 2.50 bits per heavy atom. The molecule has 0 aliphatic carbocycles. The van der Waals surface area contributed by atoms with Gasteiger partial charge in [-0.3, -0.25) is 10.0 Å². The Kier molecular flexibility index (Phi) is 1.63. The van der Waals surface area contributed by atoms with Crippen molar-refractivity contribution in [3.8, 4) is 0 Å². The van der Waals surface area contributed by atoms with Gasteiger partial charge in [0, 0.05) is 6.92 Å². The van der Waals surface area contributed by atoms with Crippen LogP contribution < -0.4 is 5.48 Å². The van der Waals surface area contributed by atoms with Crippen molar-refractivity contribution in [1.29, 1.82) is 0 Å². The fraction of sp³-hybridized carbons (Fsp3) is 0.250. The van der Waals surface area contributed by atoms with Gasteiger partial charge in [0.1, 0.15) is 0 Å².